The van der Waals surface area contributed by atoms with E-state index in [4.69, 9.17) is 9.47 Å². The van der Waals surface area contributed by atoms with Crippen molar-refractivity contribution in [3.05, 3.63) is 48.5 Å². The van der Waals surface area contributed by atoms with Gasteiger partial charge in [0.2, 0.25) is 5.95 Å². The van der Waals surface area contributed by atoms with Crippen LogP contribution >= 0.6 is 0 Å². The molecule has 3 aliphatic rings. The summed E-state index contributed by atoms with van der Waals surface area (Å²) in [6.45, 7) is 6.54. The number of anilines is 2. The number of ether oxygens (including phenoxy) is 2. The Hall–Kier alpha value is -2.71. The molecule has 5 rings (SSSR count). The second-order valence-corrected chi connectivity index (χ2v) is 9.52. The highest BCUT2D eigenvalue weighted by molar-refractivity contribution is 5.95. The van der Waals surface area contributed by atoms with Crippen molar-refractivity contribution in [2.45, 2.75) is 37.7 Å². The van der Waals surface area contributed by atoms with Gasteiger partial charge in [0, 0.05) is 25.3 Å². The molecule has 1 aromatic carbocycles. The Morgan fingerprint density at radius 1 is 1.00 bits per heavy atom. The van der Waals surface area contributed by atoms with Gasteiger partial charge in [0.05, 0.1) is 30.6 Å². The number of halogens is 1. The van der Waals surface area contributed by atoms with Crippen molar-refractivity contribution in [1.29, 1.82) is 0 Å². The number of hydrogen-bond donors (Lipinski definition) is 0. The highest BCUT2D eigenvalue weighted by Gasteiger charge is 2.42. The largest absolute Gasteiger partial charge is 0.494 e. The Bertz CT molecular complexity index is 955. The van der Waals surface area contributed by atoms with E-state index in [2.05, 4.69) is 39.0 Å². The lowest BCUT2D eigenvalue weighted by Gasteiger charge is -2.47. The number of carbonyl (C=O) groups is 1. The highest BCUT2D eigenvalue weighted by atomic mass is 19.1. The molecule has 3 aliphatic heterocycles. The third-order valence-corrected chi connectivity index (χ3v) is 7.24. The molecule has 8 heteroatoms. The van der Waals surface area contributed by atoms with Gasteiger partial charge in [0.25, 0.3) is 5.91 Å². The minimum atomic E-state index is -0.550. The second kappa shape index (κ2) is 10.3. The summed E-state index contributed by atoms with van der Waals surface area (Å²) >= 11 is 0. The first-order chi connectivity index (χ1) is 16.6. The summed E-state index contributed by atoms with van der Waals surface area (Å²) in [7, 11) is 0. The maximum atomic E-state index is 13.2. The Morgan fingerprint density at radius 3 is 2.44 bits per heavy atom. The summed E-state index contributed by atoms with van der Waals surface area (Å²) in [6.07, 6.45) is 6.77. The van der Waals surface area contributed by atoms with E-state index >= 15 is 0 Å². The summed E-state index contributed by atoms with van der Waals surface area (Å²) in [4.78, 5) is 22.7. The van der Waals surface area contributed by atoms with Crippen molar-refractivity contribution in [1.82, 2.24) is 9.88 Å². The summed E-state index contributed by atoms with van der Waals surface area (Å²) in [6, 6.07) is 11.2. The molecule has 182 valence electrons. The number of piperidine rings is 1. The third kappa shape index (κ3) is 5.33. The van der Waals surface area contributed by atoms with Gasteiger partial charge in [-0.2, -0.15) is 4.39 Å². The number of rotatable bonds is 7. The third-order valence-electron chi connectivity index (χ3n) is 7.24. The molecule has 3 fully saturated rings. The van der Waals surface area contributed by atoms with Crippen LogP contribution in [0.25, 0.3) is 0 Å². The van der Waals surface area contributed by atoms with E-state index in [1.807, 2.05) is 0 Å². The molecule has 4 heterocycles. The van der Waals surface area contributed by atoms with Crippen molar-refractivity contribution in [3.63, 3.8) is 0 Å². The fourth-order valence-corrected chi connectivity index (χ4v) is 5.19. The van der Waals surface area contributed by atoms with Crippen molar-refractivity contribution < 1.29 is 18.7 Å². The number of benzene rings is 1. The molecule has 3 saturated heterocycles. The van der Waals surface area contributed by atoms with E-state index in [-0.39, 0.29) is 18.1 Å². The van der Waals surface area contributed by atoms with Crippen LogP contribution in [0.3, 0.4) is 0 Å². The average molecular weight is 469 g/mol. The molecular formula is C26H33FN4O3. The molecule has 34 heavy (non-hydrogen) atoms. The molecule has 0 saturated carbocycles. The minimum absolute atomic E-state index is 0.0428. The van der Waals surface area contributed by atoms with Crippen LogP contribution in [0.15, 0.2) is 42.6 Å². The molecule has 0 radical (unpaired) electrons. The lowest BCUT2D eigenvalue weighted by Crippen LogP contribution is -2.59. The van der Waals surface area contributed by atoms with Gasteiger partial charge in [-0.25, -0.2) is 4.98 Å². The van der Waals surface area contributed by atoms with Gasteiger partial charge >= 0.3 is 0 Å². The molecule has 2 aromatic rings. The zero-order valence-corrected chi connectivity index (χ0v) is 19.6. The maximum Gasteiger partial charge on any atom is 0.253 e. The molecule has 0 unspecified atom stereocenters. The number of morpholine rings is 1. The van der Waals surface area contributed by atoms with Crippen molar-refractivity contribution in [3.8, 4) is 5.75 Å². The maximum absolute atomic E-state index is 13.2. The molecule has 0 bridgehead atoms. The van der Waals surface area contributed by atoms with Crippen molar-refractivity contribution in [2.75, 3.05) is 62.3 Å². The van der Waals surface area contributed by atoms with E-state index in [1.165, 1.54) is 43.9 Å². The van der Waals surface area contributed by atoms with Crippen LogP contribution in [0.5, 0.6) is 5.75 Å². The Morgan fingerprint density at radius 2 is 1.74 bits per heavy atom. The quantitative estimate of drug-likeness (QED) is 0.458. The molecule has 7 nitrogen and oxygen atoms in total. The predicted octanol–water partition coefficient (Wildman–Crippen LogP) is 3.49. The fourth-order valence-electron chi connectivity index (χ4n) is 5.19. The van der Waals surface area contributed by atoms with E-state index in [0.29, 0.717) is 12.2 Å². The Labute approximate surface area is 200 Å². The number of hydrogen-bond acceptors (Lipinski definition) is 6. The first-order valence-electron chi connectivity index (χ1n) is 12.4. The zero-order valence-electron chi connectivity index (χ0n) is 19.6. The SMILES string of the molecule is O=C1COC2(CCN(c3ccc(OCCCN4CCCC4)cc3)CC2)CN1c1ccc(F)nc1. The van der Waals surface area contributed by atoms with Gasteiger partial charge in [-0.05, 0) is 81.6 Å². The van der Waals surface area contributed by atoms with Gasteiger partial charge < -0.3 is 24.2 Å². The zero-order chi connectivity index (χ0) is 23.4. The van der Waals surface area contributed by atoms with Crippen LogP contribution in [-0.2, 0) is 9.53 Å². The second-order valence-electron chi connectivity index (χ2n) is 9.52. The lowest BCUT2D eigenvalue weighted by molar-refractivity contribution is -0.141. The Kier molecular flexibility index (Phi) is 6.97. The fraction of sp³-hybridized carbons (Fsp3) is 0.538. The van der Waals surface area contributed by atoms with Gasteiger partial charge in [-0.1, -0.05) is 0 Å². The predicted molar refractivity (Wildman–Crippen MR) is 129 cm³/mol. The van der Waals surface area contributed by atoms with Crippen LogP contribution in [0.2, 0.25) is 0 Å². The highest BCUT2D eigenvalue weighted by Crippen LogP contribution is 2.34. The number of carbonyl (C=O) groups excluding carboxylic acids is 1. The minimum Gasteiger partial charge on any atom is -0.494 e. The lowest BCUT2D eigenvalue weighted by atomic mass is 9.88. The summed E-state index contributed by atoms with van der Waals surface area (Å²) in [5, 5.41) is 0. The van der Waals surface area contributed by atoms with Crippen LogP contribution in [0.4, 0.5) is 15.8 Å². The number of likely N-dealkylation sites (tertiary alicyclic amines) is 1. The summed E-state index contributed by atoms with van der Waals surface area (Å²) in [5.74, 6) is 0.250. The van der Waals surface area contributed by atoms with Gasteiger partial charge in [-0.3, -0.25) is 4.79 Å². The van der Waals surface area contributed by atoms with E-state index in [1.54, 1.807) is 11.0 Å². The number of amides is 1. The van der Waals surface area contributed by atoms with Gasteiger partial charge in [0.15, 0.2) is 0 Å². The van der Waals surface area contributed by atoms with Crippen molar-refractivity contribution in [2.24, 2.45) is 0 Å². The monoisotopic (exact) mass is 468 g/mol. The average Bonchev–Trinajstić information content (AvgIpc) is 3.39. The molecule has 1 spiro atoms. The van der Waals surface area contributed by atoms with Crippen LogP contribution in [0.1, 0.15) is 32.1 Å². The summed E-state index contributed by atoms with van der Waals surface area (Å²) < 4.78 is 25.2. The van der Waals surface area contributed by atoms with Crippen LogP contribution in [0, 0.1) is 5.95 Å². The van der Waals surface area contributed by atoms with Gasteiger partial charge in [0.1, 0.15) is 12.4 Å². The number of aromatic nitrogens is 1. The molecule has 1 amide bonds. The first kappa shape index (κ1) is 23.1. The Balaban J connectivity index is 1.12. The van der Waals surface area contributed by atoms with Crippen LogP contribution in [-0.4, -0.2) is 73.9 Å². The molecular weight excluding hydrogens is 435 g/mol. The first-order valence-corrected chi connectivity index (χ1v) is 12.4. The normalized spacial score (nSPS) is 20.8. The topological polar surface area (TPSA) is 58.1 Å². The van der Waals surface area contributed by atoms with E-state index in [0.717, 1.165) is 51.3 Å². The van der Waals surface area contributed by atoms with E-state index in [9.17, 15) is 9.18 Å². The summed E-state index contributed by atoms with van der Waals surface area (Å²) in [5.41, 5.74) is 1.41. The number of nitrogens with zero attached hydrogens (tertiary/aromatic N) is 4. The number of pyridine rings is 1. The molecule has 0 N–H and O–H groups in total. The molecule has 0 atom stereocenters. The molecule has 0 aliphatic carbocycles. The standard InChI is InChI=1S/C26H33FN4O3/c27-24-9-6-22(18-28-24)31-20-26(34-19-25(31)32)10-15-30(16-11-26)21-4-7-23(8-5-21)33-17-3-14-29-12-1-2-13-29/h4-9,18H,1-3,10-17,19-20H2. The smallest absolute Gasteiger partial charge is 0.253 e. The molecule has 1 aromatic heterocycles. The van der Waals surface area contributed by atoms with Crippen molar-refractivity contribution >= 4 is 17.3 Å². The van der Waals surface area contributed by atoms with Crippen LogP contribution < -0.4 is 14.5 Å². The van der Waals surface area contributed by atoms with Gasteiger partial charge in [-0.15, -0.1) is 0 Å². The van der Waals surface area contributed by atoms with E-state index < -0.39 is 5.95 Å².